The minimum Gasteiger partial charge on any atom is -0.383 e. The summed E-state index contributed by atoms with van der Waals surface area (Å²) < 4.78 is 1.88. The van der Waals surface area contributed by atoms with E-state index >= 15 is 0 Å². The minimum atomic E-state index is 0.491. The van der Waals surface area contributed by atoms with Gasteiger partial charge in [-0.15, -0.1) is 0 Å². The highest BCUT2D eigenvalue weighted by molar-refractivity contribution is 6.33. The van der Waals surface area contributed by atoms with Gasteiger partial charge in [-0.2, -0.15) is 5.10 Å². The van der Waals surface area contributed by atoms with Gasteiger partial charge in [-0.25, -0.2) is 4.98 Å². The predicted molar refractivity (Wildman–Crippen MR) is 69.9 cm³/mol. The number of anilines is 1. The van der Waals surface area contributed by atoms with Crippen LogP contribution in [0, 0.1) is 6.92 Å². The van der Waals surface area contributed by atoms with Crippen molar-refractivity contribution in [3.8, 4) is 11.3 Å². The van der Waals surface area contributed by atoms with Crippen LogP contribution < -0.4 is 5.73 Å². The lowest BCUT2D eigenvalue weighted by Gasteiger charge is -2.11. The molecule has 0 radical (unpaired) electrons. The number of nitrogens with zero attached hydrogens (tertiary/aromatic N) is 3. The molecule has 2 rings (SSSR count). The molecule has 0 bridgehead atoms. The molecule has 5 heteroatoms. The van der Waals surface area contributed by atoms with E-state index in [1.54, 1.807) is 12.4 Å². The van der Waals surface area contributed by atoms with Gasteiger partial charge in [0, 0.05) is 18.3 Å². The van der Waals surface area contributed by atoms with Gasteiger partial charge in [-0.3, -0.25) is 4.68 Å². The van der Waals surface area contributed by atoms with Gasteiger partial charge in [-0.1, -0.05) is 18.5 Å². The summed E-state index contributed by atoms with van der Waals surface area (Å²) in [5.41, 5.74) is 8.72. The maximum Gasteiger partial charge on any atom is 0.133 e. The summed E-state index contributed by atoms with van der Waals surface area (Å²) in [5, 5.41) is 4.88. The Morgan fingerprint density at radius 1 is 1.47 bits per heavy atom. The van der Waals surface area contributed by atoms with Crippen molar-refractivity contribution in [3.05, 3.63) is 29.0 Å². The van der Waals surface area contributed by atoms with E-state index in [1.165, 1.54) is 0 Å². The average molecular weight is 251 g/mol. The number of hydrogen-bond acceptors (Lipinski definition) is 3. The zero-order valence-electron chi connectivity index (χ0n) is 9.94. The topological polar surface area (TPSA) is 56.7 Å². The summed E-state index contributed by atoms with van der Waals surface area (Å²) in [6.07, 6.45) is 4.34. The van der Waals surface area contributed by atoms with Crippen LogP contribution in [0.25, 0.3) is 11.3 Å². The lowest BCUT2D eigenvalue weighted by molar-refractivity contribution is 0.609. The van der Waals surface area contributed by atoms with Crippen molar-refractivity contribution in [1.82, 2.24) is 14.8 Å². The number of rotatable bonds is 3. The van der Waals surface area contributed by atoms with Crippen LogP contribution in [0.3, 0.4) is 0 Å². The molecule has 0 aliphatic rings. The Hall–Kier alpha value is -1.55. The molecule has 4 nitrogen and oxygen atoms in total. The molecule has 0 fully saturated rings. The Kier molecular flexibility index (Phi) is 3.33. The minimum absolute atomic E-state index is 0.491. The Labute approximate surface area is 105 Å². The van der Waals surface area contributed by atoms with Gasteiger partial charge in [0.15, 0.2) is 0 Å². The van der Waals surface area contributed by atoms with Crippen LogP contribution in [-0.2, 0) is 6.54 Å². The molecule has 2 aromatic rings. The number of nitrogens with two attached hydrogens (primary N) is 1. The number of hydrogen-bond donors (Lipinski definition) is 1. The number of aromatic nitrogens is 3. The number of nitrogen functional groups attached to an aromatic ring is 1. The summed E-state index contributed by atoms with van der Waals surface area (Å²) in [6.45, 7) is 4.90. The maximum absolute atomic E-state index is 6.19. The predicted octanol–water partition coefficient (Wildman–Crippen LogP) is 2.90. The summed E-state index contributed by atoms with van der Waals surface area (Å²) in [6, 6.07) is 1.92. The van der Waals surface area contributed by atoms with Crippen LogP contribution in [0.5, 0.6) is 0 Å². The van der Waals surface area contributed by atoms with Gasteiger partial charge in [-0.05, 0) is 25.0 Å². The summed E-state index contributed by atoms with van der Waals surface area (Å²) in [4.78, 5) is 4.12. The highest BCUT2D eigenvalue weighted by atomic mass is 35.5. The Morgan fingerprint density at radius 2 is 2.24 bits per heavy atom. The van der Waals surface area contributed by atoms with Crippen LogP contribution in [0.4, 0.5) is 5.82 Å². The van der Waals surface area contributed by atoms with E-state index in [1.807, 2.05) is 17.7 Å². The Balaban J connectivity index is 2.63. The van der Waals surface area contributed by atoms with Crippen LogP contribution in [0.15, 0.2) is 18.5 Å². The van der Waals surface area contributed by atoms with E-state index in [9.17, 15) is 0 Å². The molecular formula is C12H15ClN4. The highest BCUT2D eigenvalue weighted by Crippen LogP contribution is 2.33. The normalized spacial score (nSPS) is 10.8. The van der Waals surface area contributed by atoms with Crippen molar-refractivity contribution < 1.29 is 0 Å². The first-order valence-electron chi connectivity index (χ1n) is 5.58. The van der Waals surface area contributed by atoms with Crippen molar-refractivity contribution in [2.45, 2.75) is 26.8 Å². The molecule has 90 valence electrons. The zero-order chi connectivity index (χ0) is 12.4. The fourth-order valence-corrected chi connectivity index (χ4v) is 2.12. The van der Waals surface area contributed by atoms with E-state index in [2.05, 4.69) is 17.0 Å². The SMILES string of the molecule is CCCn1ncc(Cl)c1-c1c(C)ccnc1N. The first-order valence-corrected chi connectivity index (χ1v) is 5.95. The molecule has 2 heterocycles. The van der Waals surface area contributed by atoms with Gasteiger partial charge in [0.2, 0.25) is 0 Å². The van der Waals surface area contributed by atoms with Gasteiger partial charge in [0.25, 0.3) is 0 Å². The van der Waals surface area contributed by atoms with Crippen LogP contribution in [0.2, 0.25) is 5.02 Å². The fourth-order valence-electron chi connectivity index (χ4n) is 1.88. The Bertz CT molecular complexity index is 513. The Morgan fingerprint density at radius 3 is 2.88 bits per heavy atom. The maximum atomic E-state index is 6.19. The average Bonchev–Trinajstić information content (AvgIpc) is 2.62. The molecule has 2 aromatic heterocycles. The van der Waals surface area contributed by atoms with Crippen LogP contribution in [0.1, 0.15) is 18.9 Å². The lowest BCUT2D eigenvalue weighted by Crippen LogP contribution is -2.05. The quantitative estimate of drug-likeness (QED) is 0.911. The smallest absolute Gasteiger partial charge is 0.133 e. The molecule has 0 spiro atoms. The van der Waals surface area contributed by atoms with Crippen LogP contribution in [-0.4, -0.2) is 14.8 Å². The zero-order valence-corrected chi connectivity index (χ0v) is 10.7. The molecule has 17 heavy (non-hydrogen) atoms. The van der Waals surface area contributed by atoms with E-state index in [0.717, 1.165) is 29.8 Å². The summed E-state index contributed by atoms with van der Waals surface area (Å²) in [7, 11) is 0. The van der Waals surface area contributed by atoms with E-state index in [0.29, 0.717) is 10.8 Å². The standard InChI is InChI=1S/C12H15ClN4/c1-3-6-17-11(9(13)7-16-17)10-8(2)4-5-15-12(10)14/h4-5,7H,3,6H2,1-2H3,(H2,14,15). The van der Waals surface area contributed by atoms with E-state index < -0.39 is 0 Å². The van der Waals surface area contributed by atoms with Crippen molar-refractivity contribution in [2.24, 2.45) is 0 Å². The van der Waals surface area contributed by atoms with Gasteiger partial charge < -0.3 is 5.73 Å². The van der Waals surface area contributed by atoms with Crippen LogP contribution >= 0.6 is 11.6 Å². The van der Waals surface area contributed by atoms with Gasteiger partial charge in [0.1, 0.15) is 5.82 Å². The van der Waals surface area contributed by atoms with Gasteiger partial charge >= 0.3 is 0 Å². The summed E-state index contributed by atoms with van der Waals surface area (Å²) >= 11 is 6.19. The van der Waals surface area contributed by atoms with E-state index in [-0.39, 0.29) is 0 Å². The molecule has 2 N–H and O–H groups in total. The largest absolute Gasteiger partial charge is 0.383 e. The summed E-state index contributed by atoms with van der Waals surface area (Å²) in [5.74, 6) is 0.491. The molecule has 0 aliphatic heterocycles. The molecule has 0 atom stereocenters. The number of pyridine rings is 1. The fraction of sp³-hybridized carbons (Fsp3) is 0.333. The second kappa shape index (κ2) is 4.75. The molecule has 0 unspecified atom stereocenters. The third-order valence-electron chi connectivity index (χ3n) is 2.66. The number of aryl methyl sites for hydroxylation is 2. The molecule has 0 amide bonds. The second-order valence-corrected chi connectivity index (χ2v) is 4.36. The monoisotopic (exact) mass is 250 g/mol. The molecule has 0 aliphatic carbocycles. The van der Waals surface area contributed by atoms with Crippen molar-refractivity contribution in [2.75, 3.05) is 5.73 Å². The third-order valence-corrected chi connectivity index (χ3v) is 2.93. The number of halogens is 1. The van der Waals surface area contributed by atoms with Crippen molar-refractivity contribution >= 4 is 17.4 Å². The van der Waals surface area contributed by atoms with Crippen molar-refractivity contribution in [3.63, 3.8) is 0 Å². The third kappa shape index (κ3) is 2.13. The molecular weight excluding hydrogens is 236 g/mol. The second-order valence-electron chi connectivity index (χ2n) is 3.95. The van der Waals surface area contributed by atoms with E-state index in [4.69, 9.17) is 17.3 Å². The molecule has 0 aromatic carbocycles. The first-order chi connectivity index (χ1) is 8.15. The van der Waals surface area contributed by atoms with Crippen molar-refractivity contribution in [1.29, 1.82) is 0 Å². The first kappa shape index (κ1) is 11.9. The molecule has 0 saturated heterocycles. The van der Waals surface area contributed by atoms with Gasteiger partial charge in [0.05, 0.1) is 16.9 Å². The molecule has 0 saturated carbocycles. The lowest BCUT2D eigenvalue weighted by atomic mass is 10.1. The highest BCUT2D eigenvalue weighted by Gasteiger charge is 2.16.